The van der Waals surface area contributed by atoms with Gasteiger partial charge in [0.15, 0.2) is 11.5 Å². The van der Waals surface area contributed by atoms with Gasteiger partial charge in [0.1, 0.15) is 19.0 Å². The van der Waals surface area contributed by atoms with Crippen molar-refractivity contribution in [2.45, 2.75) is 6.04 Å². The summed E-state index contributed by atoms with van der Waals surface area (Å²) in [5, 5.41) is 5.18. The van der Waals surface area contributed by atoms with E-state index in [0.717, 1.165) is 0 Å². The topological polar surface area (TPSA) is 93.0 Å². The summed E-state index contributed by atoms with van der Waals surface area (Å²) < 4.78 is 16.3. The fourth-order valence-electron chi connectivity index (χ4n) is 2.60. The molecule has 1 aliphatic heterocycles. The van der Waals surface area contributed by atoms with Gasteiger partial charge in [0.05, 0.1) is 12.3 Å². The van der Waals surface area contributed by atoms with Crippen LogP contribution in [0.3, 0.4) is 0 Å². The monoisotopic (exact) mass is 359 g/mol. The minimum atomic E-state index is -0.751. The van der Waals surface area contributed by atoms with Gasteiger partial charge in [-0.25, -0.2) is 0 Å². The summed E-state index contributed by atoms with van der Waals surface area (Å²) in [6.07, 6.45) is 1.57. The summed E-state index contributed by atoms with van der Waals surface area (Å²) in [4.78, 5) is 26.1. The van der Waals surface area contributed by atoms with Gasteiger partial charge < -0.3 is 24.5 Å². The Hall–Kier alpha value is -3.00. The number of benzene rings is 1. The number of likely N-dealkylation sites (N-methyl/N-ethyl adjacent to an activating group) is 1. The zero-order chi connectivity index (χ0) is 18.5. The summed E-state index contributed by atoms with van der Waals surface area (Å²) in [5.41, 5.74) is 0.463. The van der Waals surface area contributed by atoms with Gasteiger partial charge in [0, 0.05) is 18.3 Å². The normalized spacial score (nSPS) is 14.0. The largest absolute Gasteiger partial charge is 0.486 e. The van der Waals surface area contributed by atoms with Crippen LogP contribution in [0.4, 0.5) is 5.69 Å². The lowest BCUT2D eigenvalue weighted by Gasteiger charge is -2.22. The Balaban J connectivity index is 1.57. The number of ether oxygens (including phenoxy) is 2. The second kappa shape index (κ2) is 7.92. The van der Waals surface area contributed by atoms with E-state index in [1.165, 1.54) is 0 Å². The van der Waals surface area contributed by atoms with Crippen molar-refractivity contribution >= 4 is 17.5 Å². The van der Waals surface area contributed by atoms with Crippen LogP contribution in [0.5, 0.6) is 11.5 Å². The number of rotatable bonds is 5. The van der Waals surface area contributed by atoms with E-state index in [0.29, 0.717) is 36.2 Å². The molecule has 0 spiro atoms. The second-order valence-corrected chi connectivity index (χ2v) is 6.02. The highest BCUT2D eigenvalue weighted by Gasteiger charge is 2.21. The van der Waals surface area contributed by atoms with Gasteiger partial charge in [-0.05, 0) is 38.4 Å². The smallest absolute Gasteiger partial charge is 0.313 e. The molecule has 1 aliphatic rings. The molecule has 138 valence electrons. The van der Waals surface area contributed by atoms with E-state index < -0.39 is 11.8 Å². The molecule has 2 aromatic rings. The molecule has 3 rings (SSSR count). The molecule has 1 aromatic carbocycles. The van der Waals surface area contributed by atoms with Crippen LogP contribution in [-0.4, -0.2) is 50.6 Å². The number of hydrogen-bond acceptors (Lipinski definition) is 6. The number of hydrogen-bond donors (Lipinski definition) is 2. The Morgan fingerprint density at radius 3 is 2.58 bits per heavy atom. The highest BCUT2D eigenvalue weighted by Crippen LogP contribution is 2.32. The average molecular weight is 359 g/mol. The maximum atomic E-state index is 12.1. The minimum Gasteiger partial charge on any atom is -0.486 e. The molecule has 0 fully saturated rings. The maximum Gasteiger partial charge on any atom is 0.313 e. The third kappa shape index (κ3) is 4.15. The first-order chi connectivity index (χ1) is 12.5. The molecule has 0 saturated heterocycles. The van der Waals surface area contributed by atoms with Crippen molar-refractivity contribution in [3.05, 3.63) is 42.4 Å². The van der Waals surface area contributed by atoms with Crippen LogP contribution < -0.4 is 20.1 Å². The van der Waals surface area contributed by atoms with E-state index in [4.69, 9.17) is 13.9 Å². The van der Waals surface area contributed by atoms with E-state index in [1.54, 1.807) is 30.5 Å². The van der Waals surface area contributed by atoms with Crippen LogP contribution in [-0.2, 0) is 9.59 Å². The summed E-state index contributed by atoms with van der Waals surface area (Å²) >= 11 is 0. The number of amides is 2. The molecule has 0 saturated carbocycles. The van der Waals surface area contributed by atoms with Gasteiger partial charge in [-0.1, -0.05) is 0 Å². The van der Waals surface area contributed by atoms with Crippen molar-refractivity contribution in [1.82, 2.24) is 10.2 Å². The Kier molecular flexibility index (Phi) is 5.43. The summed E-state index contributed by atoms with van der Waals surface area (Å²) in [6, 6.07) is 8.42. The summed E-state index contributed by atoms with van der Waals surface area (Å²) in [7, 11) is 3.74. The zero-order valence-electron chi connectivity index (χ0n) is 14.7. The quantitative estimate of drug-likeness (QED) is 0.784. The van der Waals surface area contributed by atoms with E-state index in [1.807, 2.05) is 25.1 Å². The van der Waals surface area contributed by atoms with Crippen LogP contribution in [0.25, 0.3) is 0 Å². The van der Waals surface area contributed by atoms with Gasteiger partial charge in [0.2, 0.25) is 0 Å². The van der Waals surface area contributed by atoms with E-state index in [9.17, 15) is 9.59 Å². The molecule has 8 nitrogen and oxygen atoms in total. The van der Waals surface area contributed by atoms with E-state index in [-0.39, 0.29) is 12.6 Å². The second-order valence-electron chi connectivity index (χ2n) is 6.02. The molecule has 0 radical (unpaired) electrons. The molecule has 1 aromatic heterocycles. The van der Waals surface area contributed by atoms with Crippen LogP contribution in [0.1, 0.15) is 11.8 Å². The van der Waals surface area contributed by atoms with Crippen molar-refractivity contribution in [2.24, 2.45) is 0 Å². The summed E-state index contributed by atoms with van der Waals surface area (Å²) in [6.45, 7) is 1.18. The van der Waals surface area contributed by atoms with E-state index >= 15 is 0 Å². The summed E-state index contributed by atoms with van der Waals surface area (Å²) in [5.74, 6) is 0.394. The third-order valence-corrected chi connectivity index (χ3v) is 3.96. The first-order valence-electron chi connectivity index (χ1n) is 8.23. The van der Waals surface area contributed by atoms with Crippen molar-refractivity contribution < 1.29 is 23.5 Å². The average Bonchev–Trinajstić information content (AvgIpc) is 3.15. The lowest BCUT2D eigenvalue weighted by molar-refractivity contribution is -0.136. The van der Waals surface area contributed by atoms with Crippen LogP contribution in [0.2, 0.25) is 0 Å². The standard InChI is InChI=1S/C18H21N3O5/c1-21(2)13(14-4-3-7-24-14)11-19-17(22)18(23)20-12-5-6-15-16(10-12)26-9-8-25-15/h3-7,10,13H,8-9,11H2,1-2H3,(H,19,22)(H,20,23)/t13-/m0/s1. The van der Waals surface area contributed by atoms with Gasteiger partial charge in [0.25, 0.3) is 0 Å². The van der Waals surface area contributed by atoms with Crippen molar-refractivity contribution in [3.63, 3.8) is 0 Å². The SMILES string of the molecule is CN(C)[C@@H](CNC(=O)C(=O)Nc1ccc2c(c1)OCCO2)c1ccco1. The van der Waals surface area contributed by atoms with Gasteiger partial charge in [-0.3, -0.25) is 14.5 Å². The predicted octanol–water partition coefficient (Wildman–Crippen LogP) is 1.41. The van der Waals surface area contributed by atoms with E-state index in [2.05, 4.69) is 10.6 Å². The van der Waals surface area contributed by atoms with Gasteiger partial charge in [-0.2, -0.15) is 0 Å². The fourth-order valence-corrected chi connectivity index (χ4v) is 2.60. The number of carbonyl (C=O) groups is 2. The Morgan fingerprint density at radius 2 is 1.88 bits per heavy atom. The molecular formula is C18H21N3O5. The lowest BCUT2D eigenvalue weighted by atomic mass is 10.2. The Labute approximate surface area is 151 Å². The van der Waals surface area contributed by atoms with Crippen molar-refractivity contribution in [1.29, 1.82) is 0 Å². The number of carbonyl (C=O) groups excluding carboxylic acids is 2. The number of nitrogens with zero attached hydrogens (tertiary/aromatic N) is 1. The molecule has 2 N–H and O–H groups in total. The number of nitrogens with one attached hydrogen (secondary N) is 2. The van der Waals surface area contributed by atoms with Crippen molar-refractivity contribution in [3.8, 4) is 11.5 Å². The lowest BCUT2D eigenvalue weighted by Crippen LogP contribution is -2.40. The van der Waals surface area contributed by atoms with Gasteiger partial charge in [-0.15, -0.1) is 0 Å². The molecular weight excluding hydrogens is 338 g/mol. The highest BCUT2D eigenvalue weighted by molar-refractivity contribution is 6.39. The molecule has 2 amide bonds. The molecule has 0 aliphatic carbocycles. The third-order valence-electron chi connectivity index (χ3n) is 3.96. The molecule has 0 unspecified atom stereocenters. The number of furan rings is 1. The first kappa shape index (κ1) is 17.8. The van der Waals surface area contributed by atoms with Crippen molar-refractivity contribution in [2.75, 3.05) is 39.2 Å². The first-order valence-corrected chi connectivity index (χ1v) is 8.23. The number of anilines is 1. The Bertz CT molecular complexity index is 773. The Morgan fingerprint density at radius 1 is 1.12 bits per heavy atom. The molecule has 26 heavy (non-hydrogen) atoms. The molecule has 2 heterocycles. The minimum absolute atomic E-state index is 0.170. The van der Waals surface area contributed by atoms with Crippen LogP contribution in [0.15, 0.2) is 41.0 Å². The van der Waals surface area contributed by atoms with Gasteiger partial charge >= 0.3 is 11.8 Å². The predicted molar refractivity (Wildman–Crippen MR) is 94.2 cm³/mol. The van der Waals surface area contributed by atoms with Crippen LogP contribution >= 0.6 is 0 Å². The molecule has 0 bridgehead atoms. The van der Waals surface area contributed by atoms with Crippen LogP contribution in [0, 0.1) is 0 Å². The fraction of sp³-hybridized carbons (Fsp3) is 0.333. The molecule has 1 atom stereocenters. The molecule has 8 heteroatoms. The highest BCUT2D eigenvalue weighted by atomic mass is 16.6. The maximum absolute atomic E-state index is 12.1. The number of fused-ring (bicyclic) bond motifs is 1. The zero-order valence-corrected chi connectivity index (χ0v) is 14.7.